The molecule has 28 heavy (non-hydrogen) atoms. The number of aryl methyl sites for hydroxylation is 2. The van der Waals surface area contributed by atoms with Gasteiger partial charge in [0.05, 0.1) is 27.8 Å². The molecule has 1 saturated heterocycles. The number of fused-ring (bicyclic) bond motifs is 1. The summed E-state index contributed by atoms with van der Waals surface area (Å²) in [6.45, 7) is 1.07. The van der Waals surface area contributed by atoms with Gasteiger partial charge in [0.1, 0.15) is 0 Å². The molecule has 152 valence electrons. The Kier molecular flexibility index (Phi) is 5.71. The first-order valence-electron chi connectivity index (χ1n) is 9.01. The third-order valence-corrected chi connectivity index (χ3v) is 6.68. The fourth-order valence-electron chi connectivity index (χ4n) is 3.22. The Hall–Kier alpha value is -2.46. The lowest BCUT2D eigenvalue weighted by Gasteiger charge is -2.12. The maximum Gasteiger partial charge on any atom is 0.316 e. The molecule has 1 atom stereocenters. The van der Waals surface area contributed by atoms with Crippen LogP contribution in [0, 0.1) is 0 Å². The molecule has 1 amide bonds. The highest BCUT2D eigenvalue weighted by Crippen LogP contribution is 2.18. The van der Waals surface area contributed by atoms with Crippen molar-refractivity contribution in [2.75, 3.05) is 18.9 Å². The molecule has 9 nitrogen and oxygen atoms in total. The second-order valence-corrected chi connectivity index (χ2v) is 9.00. The molecule has 1 aromatic heterocycles. The van der Waals surface area contributed by atoms with Crippen molar-refractivity contribution < 1.29 is 17.9 Å². The lowest BCUT2D eigenvalue weighted by molar-refractivity contribution is -0.121. The highest BCUT2D eigenvalue weighted by atomic mass is 32.2. The van der Waals surface area contributed by atoms with Gasteiger partial charge >= 0.3 is 11.1 Å². The number of carbonyl (C=O) groups excluding carboxylic acids is 1. The largest absolute Gasteiger partial charge is 0.376 e. The molecule has 1 fully saturated rings. The molecule has 2 aromatic rings. The third-order valence-electron chi connectivity index (χ3n) is 4.97. The van der Waals surface area contributed by atoms with E-state index in [0.717, 1.165) is 17.4 Å². The second kappa shape index (κ2) is 7.88. The maximum absolute atomic E-state index is 12.6. The minimum atomic E-state index is -3.73. The molecular weight excluding hydrogens is 386 g/mol. The van der Waals surface area contributed by atoms with Gasteiger partial charge < -0.3 is 19.2 Å². The van der Waals surface area contributed by atoms with Gasteiger partial charge in [-0.25, -0.2) is 8.42 Å². The Bertz CT molecular complexity index is 1130. The van der Waals surface area contributed by atoms with E-state index in [1.54, 1.807) is 0 Å². The molecule has 0 bridgehead atoms. The van der Waals surface area contributed by atoms with E-state index in [4.69, 9.17) is 4.74 Å². The summed E-state index contributed by atoms with van der Waals surface area (Å²) in [6.07, 6.45) is 1.68. The Morgan fingerprint density at radius 2 is 1.86 bits per heavy atom. The summed E-state index contributed by atoms with van der Waals surface area (Å²) < 4.78 is 33.0. The van der Waals surface area contributed by atoms with E-state index in [-0.39, 0.29) is 29.1 Å². The first kappa shape index (κ1) is 20.3. The van der Waals surface area contributed by atoms with Crippen LogP contribution in [0.15, 0.2) is 32.7 Å². The average molecular weight is 409 g/mol. The standard InChI is InChI=1S/C18H23N3O6S/c1-20-14-6-5-13(10-15(14)21(2)18(24)17(20)23)28(25,26)9-7-16(22)19-11-12-4-3-8-27-12/h5-6,10,12H,3-4,7-9,11H2,1-2H3,(H,19,22). The smallest absolute Gasteiger partial charge is 0.316 e. The first-order chi connectivity index (χ1) is 13.2. The molecule has 1 aromatic carbocycles. The fourth-order valence-corrected chi connectivity index (χ4v) is 4.48. The summed E-state index contributed by atoms with van der Waals surface area (Å²) in [4.78, 5) is 35.8. The SMILES string of the molecule is Cn1c(=O)c(=O)n(C)c2cc(S(=O)(=O)CCC(=O)NCC3CCCO3)ccc21. The van der Waals surface area contributed by atoms with Crippen LogP contribution in [0.2, 0.25) is 0 Å². The topological polar surface area (TPSA) is 116 Å². The van der Waals surface area contributed by atoms with Crippen molar-refractivity contribution in [2.24, 2.45) is 14.1 Å². The summed E-state index contributed by atoms with van der Waals surface area (Å²) in [6, 6.07) is 4.22. The highest BCUT2D eigenvalue weighted by Gasteiger charge is 2.20. The Morgan fingerprint density at radius 3 is 2.50 bits per heavy atom. The zero-order valence-corrected chi connectivity index (χ0v) is 16.6. The molecule has 0 spiro atoms. The molecule has 1 N–H and O–H groups in total. The predicted molar refractivity (Wildman–Crippen MR) is 103 cm³/mol. The summed E-state index contributed by atoms with van der Waals surface area (Å²) in [5, 5.41) is 2.70. The summed E-state index contributed by atoms with van der Waals surface area (Å²) in [7, 11) is -0.857. The van der Waals surface area contributed by atoms with E-state index in [0.29, 0.717) is 24.2 Å². The number of nitrogens with zero attached hydrogens (tertiary/aromatic N) is 2. The van der Waals surface area contributed by atoms with Gasteiger partial charge in [-0.15, -0.1) is 0 Å². The number of rotatable bonds is 6. The van der Waals surface area contributed by atoms with Crippen molar-refractivity contribution in [1.29, 1.82) is 0 Å². The van der Waals surface area contributed by atoms with Crippen LogP contribution in [-0.4, -0.2) is 48.5 Å². The van der Waals surface area contributed by atoms with E-state index >= 15 is 0 Å². The van der Waals surface area contributed by atoms with Crippen LogP contribution >= 0.6 is 0 Å². The second-order valence-electron chi connectivity index (χ2n) is 6.89. The van der Waals surface area contributed by atoms with Gasteiger partial charge in [0.25, 0.3) is 0 Å². The van der Waals surface area contributed by atoms with Crippen LogP contribution in [0.5, 0.6) is 0 Å². The number of ether oxygens (including phenoxy) is 1. The molecule has 1 aliphatic rings. The number of hydrogen-bond acceptors (Lipinski definition) is 6. The molecule has 0 saturated carbocycles. The molecule has 0 aliphatic carbocycles. The number of nitrogens with one attached hydrogen (secondary N) is 1. The van der Waals surface area contributed by atoms with E-state index in [1.807, 2.05) is 0 Å². The van der Waals surface area contributed by atoms with Crippen LogP contribution in [0.1, 0.15) is 19.3 Å². The van der Waals surface area contributed by atoms with E-state index in [2.05, 4.69) is 5.32 Å². The Balaban J connectivity index is 1.76. The van der Waals surface area contributed by atoms with Gasteiger partial charge in [-0.3, -0.25) is 14.4 Å². The van der Waals surface area contributed by atoms with E-state index in [9.17, 15) is 22.8 Å². The van der Waals surface area contributed by atoms with E-state index in [1.165, 1.54) is 36.9 Å². The predicted octanol–water partition coefficient (Wildman–Crippen LogP) is -0.304. The number of hydrogen-bond donors (Lipinski definition) is 1. The van der Waals surface area contributed by atoms with Crippen LogP contribution < -0.4 is 16.4 Å². The number of aromatic nitrogens is 2. The van der Waals surface area contributed by atoms with Gasteiger partial charge in [-0.05, 0) is 31.0 Å². The van der Waals surface area contributed by atoms with Gasteiger partial charge in [-0.2, -0.15) is 0 Å². The minimum absolute atomic E-state index is 0.000533. The third kappa shape index (κ3) is 4.02. The van der Waals surface area contributed by atoms with Crippen molar-refractivity contribution in [2.45, 2.75) is 30.3 Å². The summed E-state index contributed by atoms with van der Waals surface area (Å²) in [5.74, 6) is -0.704. The molecule has 1 aliphatic heterocycles. The lowest BCUT2D eigenvalue weighted by atomic mass is 10.2. The quantitative estimate of drug-likeness (QED) is 0.655. The molecule has 2 heterocycles. The van der Waals surface area contributed by atoms with Crippen LogP contribution in [-0.2, 0) is 33.5 Å². The van der Waals surface area contributed by atoms with Crippen LogP contribution in [0.4, 0.5) is 0 Å². The average Bonchev–Trinajstić information content (AvgIpc) is 3.20. The molecular formula is C18H23N3O6S. The maximum atomic E-state index is 12.6. The van der Waals surface area contributed by atoms with E-state index < -0.39 is 21.0 Å². The van der Waals surface area contributed by atoms with Crippen molar-refractivity contribution in [3.8, 4) is 0 Å². The molecule has 0 radical (unpaired) electrons. The zero-order chi connectivity index (χ0) is 20.5. The minimum Gasteiger partial charge on any atom is -0.376 e. The Labute approximate surface area is 161 Å². The van der Waals surface area contributed by atoms with Gasteiger partial charge in [0.2, 0.25) is 5.91 Å². The zero-order valence-electron chi connectivity index (χ0n) is 15.8. The summed E-state index contributed by atoms with van der Waals surface area (Å²) >= 11 is 0. The normalized spacial score (nSPS) is 17.1. The van der Waals surface area contributed by atoms with Gasteiger partial charge in [0.15, 0.2) is 9.84 Å². The lowest BCUT2D eigenvalue weighted by Crippen LogP contribution is -2.39. The summed E-state index contributed by atoms with van der Waals surface area (Å²) in [5.41, 5.74) is -0.650. The number of amides is 1. The van der Waals surface area contributed by atoms with Gasteiger partial charge in [0, 0.05) is 33.7 Å². The van der Waals surface area contributed by atoms with Gasteiger partial charge in [-0.1, -0.05) is 0 Å². The molecule has 1 unspecified atom stereocenters. The first-order valence-corrected chi connectivity index (χ1v) is 10.7. The monoisotopic (exact) mass is 409 g/mol. The number of benzene rings is 1. The molecule has 10 heteroatoms. The van der Waals surface area contributed by atoms with Crippen LogP contribution in [0.3, 0.4) is 0 Å². The fraction of sp³-hybridized carbons (Fsp3) is 0.500. The van der Waals surface area contributed by atoms with Crippen molar-refractivity contribution in [3.63, 3.8) is 0 Å². The van der Waals surface area contributed by atoms with Crippen LogP contribution in [0.25, 0.3) is 11.0 Å². The van der Waals surface area contributed by atoms with Crippen molar-refractivity contribution in [3.05, 3.63) is 38.9 Å². The highest BCUT2D eigenvalue weighted by molar-refractivity contribution is 7.91. The van der Waals surface area contributed by atoms with Crippen molar-refractivity contribution >= 4 is 26.8 Å². The number of carbonyl (C=O) groups is 1. The number of sulfone groups is 1. The van der Waals surface area contributed by atoms with Crippen molar-refractivity contribution in [1.82, 2.24) is 14.5 Å². The molecule has 3 rings (SSSR count). The Morgan fingerprint density at radius 1 is 1.18 bits per heavy atom.